The van der Waals surface area contributed by atoms with Crippen LogP contribution < -0.4 is 10.5 Å². The Morgan fingerprint density at radius 2 is 2.00 bits per heavy atom. The van der Waals surface area contributed by atoms with Crippen molar-refractivity contribution in [2.75, 3.05) is 19.4 Å². The van der Waals surface area contributed by atoms with E-state index in [1.807, 2.05) is 23.9 Å². The Kier molecular flexibility index (Phi) is 5.49. The second kappa shape index (κ2) is 6.74. The third-order valence-electron chi connectivity index (χ3n) is 1.92. The first-order valence-corrected chi connectivity index (χ1v) is 5.93. The Hall–Kier alpha value is -0.670. The number of rotatable bonds is 6. The molecule has 2 nitrogen and oxygen atoms in total. The topological polar surface area (TPSA) is 35.2 Å². The predicted octanol–water partition coefficient (Wildman–Crippen LogP) is 2.28. The SMILES string of the molecule is COc1ccc(CSCCCN)cc1. The van der Waals surface area contributed by atoms with Crippen molar-refractivity contribution < 1.29 is 4.74 Å². The van der Waals surface area contributed by atoms with E-state index in [1.165, 1.54) is 5.56 Å². The number of hydrogen-bond donors (Lipinski definition) is 1. The maximum absolute atomic E-state index is 5.42. The van der Waals surface area contributed by atoms with Crippen LogP contribution in [0.4, 0.5) is 0 Å². The number of thioether (sulfide) groups is 1. The summed E-state index contributed by atoms with van der Waals surface area (Å²) < 4.78 is 5.09. The van der Waals surface area contributed by atoms with Gasteiger partial charge in [-0.2, -0.15) is 11.8 Å². The molecule has 0 radical (unpaired) electrons. The Balaban J connectivity index is 2.29. The van der Waals surface area contributed by atoms with Crippen LogP contribution in [-0.2, 0) is 5.75 Å². The van der Waals surface area contributed by atoms with Gasteiger partial charge in [-0.25, -0.2) is 0 Å². The molecule has 0 saturated carbocycles. The number of hydrogen-bond acceptors (Lipinski definition) is 3. The third-order valence-corrected chi connectivity index (χ3v) is 3.04. The Labute approximate surface area is 89.8 Å². The zero-order valence-corrected chi connectivity index (χ0v) is 9.35. The van der Waals surface area contributed by atoms with Crippen LogP contribution >= 0.6 is 11.8 Å². The van der Waals surface area contributed by atoms with E-state index in [9.17, 15) is 0 Å². The third kappa shape index (κ3) is 4.03. The molecule has 0 unspecified atom stereocenters. The zero-order valence-electron chi connectivity index (χ0n) is 8.53. The first-order chi connectivity index (χ1) is 6.86. The summed E-state index contributed by atoms with van der Waals surface area (Å²) in [5, 5.41) is 0. The monoisotopic (exact) mass is 211 g/mol. The van der Waals surface area contributed by atoms with Gasteiger partial charge in [0.05, 0.1) is 7.11 Å². The quantitative estimate of drug-likeness (QED) is 0.733. The Morgan fingerprint density at radius 3 is 2.57 bits per heavy atom. The van der Waals surface area contributed by atoms with Gasteiger partial charge in [-0.3, -0.25) is 0 Å². The minimum absolute atomic E-state index is 0.787. The lowest BCUT2D eigenvalue weighted by molar-refractivity contribution is 0.414. The summed E-state index contributed by atoms with van der Waals surface area (Å²) in [5.74, 6) is 3.12. The lowest BCUT2D eigenvalue weighted by Gasteiger charge is -2.03. The maximum atomic E-state index is 5.42. The molecule has 0 aromatic heterocycles. The molecule has 2 N–H and O–H groups in total. The highest BCUT2D eigenvalue weighted by molar-refractivity contribution is 7.98. The highest BCUT2D eigenvalue weighted by Crippen LogP contribution is 2.16. The van der Waals surface area contributed by atoms with Crippen molar-refractivity contribution in [3.63, 3.8) is 0 Å². The van der Waals surface area contributed by atoms with Gasteiger partial charge in [-0.05, 0) is 36.4 Å². The second-order valence-corrected chi connectivity index (χ2v) is 4.15. The number of benzene rings is 1. The number of nitrogens with two attached hydrogens (primary N) is 1. The summed E-state index contributed by atoms with van der Waals surface area (Å²) in [7, 11) is 1.69. The largest absolute Gasteiger partial charge is 0.497 e. The maximum Gasteiger partial charge on any atom is 0.118 e. The Bertz CT molecular complexity index is 248. The fourth-order valence-corrected chi connectivity index (χ4v) is 2.04. The van der Waals surface area contributed by atoms with Crippen molar-refractivity contribution in [1.29, 1.82) is 0 Å². The summed E-state index contributed by atoms with van der Waals surface area (Å²) in [4.78, 5) is 0. The van der Waals surface area contributed by atoms with Crippen molar-refractivity contribution in [3.05, 3.63) is 29.8 Å². The van der Waals surface area contributed by atoms with Gasteiger partial charge in [0.15, 0.2) is 0 Å². The van der Waals surface area contributed by atoms with Crippen molar-refractivity contribution in [2.45, 2.75) is 12.2 Å². The zero-order chi connectivity index (χ0) is 10.2. The van der Waals surface area contributed by atoms with Crippen LogP contribution in [0.25, 0.3) is 0 Å². The minimum Gasteiger partial charge on any atom is -0.497 e. The van der Waals surface area contributed by atoms with E-state index in [0.29, 0.717) is 0 Å². The summed E-state index contributed by atoms with van der Waals surface area (Å²) in [6, 6.07) is 8.21. The normalized spacial score (nSPS) is 10.1. The van der Waals surface area contributed by atoms with Crippen LogP contribution in [0.2, 0.25) is 0 Å². The first kappa shape index (κ1) is 11.4. The van der Waals surface area contributed by atoms with Crippen molar-refractivity contribution in [1.82, 2.24) is 0 Å². The molecule has 0 bridgehead atoms. The molecular weight excluding hydrogens is 194 g/mol. The average Bonchev–Trinajstić information content (AvgIpc) is 2.25. The van der Waals surface area contributed by atoms with Gasteiger partial charge in [0.1, 0.15) is 5.75 Å². The average molecular weight is 211 g/mol. The lowest BCUT2D eigenvalue weighted by atomic mass is 10.2. The van der Waals surface area contributed by atoms with E-state index >= 15 is 0 Å². The number of ether oxygens (including phenoxy) is 1. The molecule has 14 heavy (non-hydrogen) atoms. The van der Waals surface area contributed by atoms with E-state index in [-0.39, 0.29) is 0 Å². The standard InChI is InChI=1S/C11H17NOS/c1-13-11-5-3-10(4-6-11)9-14-8-2-7-12/h3-6H,2,7-9,12H2,1H3. The van der Waals surface area contributed by atoms with Crippen LogP contribution in [0.3, 0.4) is 0 Å². The predicted molar refractivity (Wildman–Crippen MR) is 62.8 cm³/mol. The molecule has 1 aromatic rings. The molecule has 1 rings (SSSR count). The molecule has 0 atom stereocenters. The first-order valence-electron chi connectivity index (χ1n) is 4.77. The second-order valence-electron chi connectivity index (χ2n) is 3.04. The molecule has 0 aliphatic rings. The van der Waals surface area contributed by atoms with Gasteiger partial charge < -0.3 is 10.5 Å². The van der Waals surface area contributed by atoms with Gasteiger partial charge in [-0.15, -0.1) is 0 Å². The van der Waals surface area contributed by atoms with Crippen LogP contribution in [0.1, 0.15) is 12.0 Å². The van der Waals surface area contributed by atoms with Gasteiger partial charge in [0, 0.05) is 5.75 Å². The summed E-state index contributed by atoms with van der Waals surface area (Å²) in [6.45, 7) is 0.787. The molecule has 0 aliphatic carbocycles. The smallest absolute Gasteiger partial charge is 0.118 e. The van der Waals surface area contributed by atoms with Crippen molar-refractivity contribution in [3.8, 4) is 5.75 Å². The molecule has 0 fully saturated rings. The van der Waals surface area contributed by atoms with E-state index in [0.717, 1.165) is 30.2 Å². The molecule has 0 heterocycles. The summed E-state index contributed by atoms with van der Waals surface area (Å²) in [5.41, 5.74) is 6.76. The lowest BCUT2D eigenvalue weighted by Crippen LogP contribution is -1.99. The van der Waals surface area contributed by atoms with E-state index in [1.54, 1.807) is 7.11 Å². The highest BCUT2D eigenvalue weighted by Gasteiger charge is 1.94. The fourth-order valence-electron chi connectivity index (χ4n) is 1.10. The van der Waals surface area contributed by atoms with Gasteiger partial charge in [-0.1, -0.05) is 12.1 Å². The Morgan fingerprint density at radius 1 is 1.29 bits per heavy atom. The fraction of sp³-hybridized carbons (Fsp3) is 0.455. The van der Waals surface area contributed by atoms with Gasteiger partial charge in [0.25, 0.3) is 0 Å². The number of methoxy groups -OCH3 is 1. The highest BCUT2D eigenvalue weighted by atomic mass is 32.2. The van der Waals surface area contributed by atoms with E-state index in [2.05, 4.69) is 12.1 Å². The molecular formula is C11H17NOS. The van der Waals surface area contributed by atoms with Crippen LogP contribution in [0.5, 0.6) is 5.75 Å². The van der Waals surface area contributed by atoms with Crippen molar-refractivity contribution in [2.24, 2.45) is 5.73 Å². The summed E-state index contributed by atoms with van der Waals surface area (Å²) >= 11 is 1.92. The van der Waals surface area contributed by atoms with Crippen molar-refractivity contribution >= 4 is 11.8 Å². The molecule has 0 saturated heterocycles. The van der Waals surface area contributed by atoms with Crippen LogP contribution in [0, 0.1) is 0 Å². The molecule has 3 heteroatoms. The molecule has 0 spiro atoms. The summed E-state index contributed by atoms with van der Waals surface area (Å²) in [6.07, 6.45) is 1.10. The van der Waals surface area contributed by atoms with Gasteiger partial charge in [0.2, 0.25) is 0 Å². The van der Waals surface area contributed by atoms with Crippen LogP contribution in [0.15, 0.2) is 24.3 Å². The van der Waals surface area contributed by atoms with Crippen LogP contribution in [-0.4, -0.2) is 19.4 Å². The van der Waals surface area contributed by atoms with Gasteiger partial charge >= 0.3 is 0 Å². The van der Waals surface area contributed by atoms with E-state index in [4.69, 9.17) is 10.5 Å². The molecule has 0 aliphatic heterocycles. The molecule has 1 aromatic carbocycles. The molecule has 0 amide bonds. The minimum atomic E-state index is 0.787. The van der Waals surface area contributed by atoms with E-state index < -0.39 is 0 Å². The molecule has 78 valence electrons.